The van der Waals surface area contributed by atoms with Gasteiger partial charge in [0.25, 0.3) is 0 Å². The van der Waals surface area contributed by atoms with Gasteiger partial charge in [0.15, 0.2) is 0 Å². The van der Waals surface area contributed by atoms with Gasteiger partial charge >= 0.3 is 0 Å². The summed E-state index contributed by atoms with van der Waals surface area (Å²) >= 11 is 12.6. The van der Waals surface area contributed by atoms with Gasteiger partial charge in [-0.1, -0.05) is 41.4 Å². The van der Waals surface area contributed by atoms with E-state index >= 15 is 0 Å². The van der Waals surface area contributed by atoms with Crippen LogP contribution in [0.1, 0.15) is 11.3 Å². The Bertz CT molecular complexity index is 1090. The maximum Gasteiger partial charge on any atom is 0.142 e. The van der Waals surface area contributed by atoms with Crippen LogP contribution in [0.3, 0.4) is 0 Å². The molecule has 0 amide bonds. The molecule has 4 rings (SSSR count). The molecule has 0 aliphatic rings. The Hall–Kier alpha value is -2.63. The van der Waals surface area contributed by atoms with E-state index in [0.717, 1.165) is 28.0 Å². The van der Waals surface area contributed by atoms with Gasteiger partial charge in [-0.05, 0) is 37.3 Å². The molecule has 2 heterocycles. The monoisotopic (exact) mass is 369 g/mol. The number of fused-ring (bicyclic) bond motifs is 1. The van der Waals surface area contributed by atoms with Crippen molar-refractivity contribution in [3.8, 4) is 5.69 Å². The van der Waals surface area contributed by atoms with E-state index in [2.05, 4.69) is 15.2 Å². The summed E-state index contributed by atoms with van der Waals surface area (Å²) < 4.78 is 3.36. The van der Waals surface area contributed by atoms with E-state index in [1.165, 1.54) is 0 Å². The lowest BCUT2D eigenvalue weighted by Crippen LogP contribution is -1.96. The molecular weight excluding hydrogens is 357 g/mol. The maximum absolute atomic E-state index is 6.52. The van der Waals surface area contributed by atoms with Gasteiger partial charge in [0.1, 0.15) is 11.5 Å². The Morgan fingerprint density at radius 3 is 2.76 bits per heavy atom. The number of hydrogen-bond acceptors (Lipinski definition) is 3. The molecule has 0 radical (unpaired) electrons. The Kier molecular flexibility index (Phi) is 4.03. The Morgan fingerprint density at radius 1 is 1.08 bits per heavy atom. The van der Waals surface area contributed by atoms with E-state index < -0.39 is 0 Å². The molecule has 25 heavy (non-hydrogen) atoms. The second-order valence-corrected chi connectivity index (χ2v) is 6.30. The number of aromatic nitrogens is 4. The van der Waals surface area contributed by atoms with E-state index in [1.54, 1.807) is 21.9 Å². The number of imidazole rings is 1. The van der Waals surface area contributed by atoms with Crippen LogP contribution in [-0.2, 0) is 0 Å². The van der Waals surface area contributed by atoms with Crippen LogP contribution in [-0.4, -0.2) is 25.7 Å². The fourth-order valence-electron chi connectivity index (χ4n) is 2.59. The van der Waals surface area contributed by atoms with Crippen LogP contribution in [0.15, 0.2) is 60.0 Å². The molecule has 0 aliphatic heterocycles. The summed E-state index contributed by atoms with van der Waals surface area (Å²) in [6.07, 6.45) is 3.37. The Labute approximate surface area is 154 Å². The highest BCUT2D eigenvalue weighted by atomic mass is 35.5. The summed E-state index contributed by atoms with van der Waals surface area (Å²) in [7, 11) is 0. The van der Waals surface area contributed by atoms with Crippen molar-refractivity contribution >= 4 is 40.4 Å². The molecule has 0 saturated heterocycles. The van der Waals surface area contributed by atoms with E-state index in [-0.39, 0.29) is 0 Å². The van der Waals surface area contributed by atoms with Gasteiger partial charge in [0, 0.05) is 5.02 Å². The number of nitrogens with zero attached hydrogens (tertiary/aromatic N) is 5. The summed E-state index contributed by atoms with van der Waals surface area (Å²) in [5.74, 6) is 0. The van der Waals surface area contributed by atoms with E-state index in [1.807, 2.05) is 55.5 Å². The highest BCUT2D eigenvalue weighted by molar-refractivity contribution is 6.32. The largest absolute Gasteiger partial charge is 0.235 e. The molecule has 0 saturated carbocycles. The lowest BCUT2D eigenvalue weighted by molar-refractivity contribution is 0.863. The van der Waals surface area contributed by atoms with E-state index in [9.17, 15) is 0 Å². The zero-order chi connectivity index (χ0) is 17.4. The fourth-order valence-corrected chi connectivity index (χ4v) is 3.10. The lowest BCUT2D eigenvalue weighted by atomic mass is 10.3. The zero-order valence-corrected chi connectivity index (χ0v) is 14.8. The number of hydrogen-bond donors (Lipinski definition) is 0. The van der Waals surface area contributed by atoms with Crippen molar-refractivity contribution in [1.82, 2.24) is 19.4 Å². The minimum Gasteiger partial charge on any atom is -0.235 e. The predicted octanol–water partition coefficient (Wildman–Crippen LogP) is 4.72. The predicted molar refractivity (Wildman–Crippen MR) is 101 cm³/mol. The van der Waals surface area contributed by atoms with Gasteiger partial charge in [0.05, 0.1) is 34.2 Å². The molecule has 7 heteroatoms. The SMILES string of the molecule is Cc1nn(-c2cccc(Cl)c2)c(Cl)c1/C=N\n1cnc2ccccc21. The average molecular weight is 370 g/mol. The van der Waals surface area contributed by atoms with Crippen LogP contribution in [0, 0.1) is 6.92 Å². The van der Waals surface area contributed by atoms with Crippen molar-refractivity contribution in [2.45, 2.75) is 6.92 Å². The maximum atomic E-state index is 6.52. The Morgan fingerprint density at radius 2 is 1.92 bits per heavy atom. The van der Waals surface area contributed by atoms with Crippen LogP contribution in [0.25, 0.3) is 16.7 Å². The quantitative estimate of drug-likeness (QED) is 0.490. The van der Waals surface area contributed by atoms with Gasteiger partial charge in [-0.15, -0.1) is 0 Å². The molecule has 0 fully saturated rings. The molecule has 4 aromatic rings. The number of halogens is 2. The molecule has 124 valence electrons. The van der Waals surface area contributed by atoms with Crippen molar-refractivity contribution in [3.05, 3.63) is 76.3 Å². The number of aryl methyl sites for hydroxylation is 1. The van der Waals surface area contributed by atoms with Crippen molar-refractivity contribution in [2.24, 2.45) is 5.10 Å². The molecule has 0 atom stereocenters. The third-order valence-corrected chi connectivity index (χ3v) is 4.45. The molecule has 5 nitrogen and oxygen atoms in total. The van der Waals surface area contributed by atoms with Gasteiger partial charge in [-0.3, -0.25) is 0 Å². The second kappa shape index (κ2) is 6.35. The summed E-state index contributed by atoms with van der Waals surface area (Å²) in [6, 6.07) is 15.2. The lowest BCUT2D eigenvalue weighted by Gasteiger charge is -2.03. The fraction of sp³-hybridized carbons (Fsp3) is 0.0556. The van der Waals surface area contributed by atoms with E-state index in [0.29, 0.717) is 10.2 Å². The third-order valence-electron chi connectivity index (χ3n) is 3.85. The Balaban J connectivity index is 1.74. The van der Waals surface area contributed by atoms with Gasteiger partial charge in [0.2, 0.25) is 0 Å². The number of benzene rings is 2. The summed E-state index contributed by atoms with van der Waals surface area (Å²) in [6.45, 7) is 1.89. The summed E-state index contributed by atoms with van der Waals surface area (Å²) in [5.41, 5.74) is 4.14. The van der Waals surface area contributed by atoms with Gasteiger partial charge in [-0.2, -0.15) is 10.2 Å². The van der Waals surface area contributed by atoms with E-state index in [4.69, 9.17) is 23.2 Å². The molecule has 0 N–H and O–H groups in total. The smallest absolute Gasteiger partial charge is 0.142 e. The first-order valence-electron chi connectivity index (χ1n) is 7.61. The topological polar surface area (TPSA) is 48.0 Å². The first-order valence-corrected chi connectivity index (χ1v) is 8.36. The van der Waals surface area contributed by atoms with Crippen LogP contribution >= 0.6 is 23.2 Å². The standard InChI is InChI=1S/C18H13Cl2N5/c1-12-15(10-22-24-11-21-16-7-2-3-8-17(16)24)18(20)25(23-12)14-6-4-5-13(19)9-14/h2-11H,1H3/b22-10-. The second-order valence-electron chi connectivity index (χ2n) is 5.50. The summed E-state index contributed by atoms with van der Waals surface area (Å²) in [4.78, 5) is 4.32. The van der Waals surface area contributed by atoms with Crippen LogP contribution < -0.4 is 0 Å². The summed E-state index contributed by atoms with van der Waals surface area (Å²) in [5, 5.41) is 10.1. The first kappa shape index (κ1) is 15.9. The van der Waals surface area contributed by atoms with Crippen LogP contribution in [0.4, 0.5) is 0 Å². The highest BCUT2D eigenvalue weighted by Crippen LogP contribution is 2.24. The van der Waals surface area contributed by atoms with Gasteiger partial charge < -0.3 is 0 Å². The zero-order valence-electron chi connectivity index (χ0n) is 13.3. The van der Waals surface area contributed by atoms with Crippen LogP contribution in [0.5, 0.6) is 0 Å². The van der Waals surface area contributed by atoms with Crippen LogP contribution in [0.2, 0.25) is 10.2 Å². The molecule has 2 aromatic carbocycles. The third kappa shape index (κ3) is 2.92. The number of rotatable bonds is 3. The molecule has 0 spiro atoms. The molecule has 0 aliphatic carbocycles. The number of para-hydroxylation sites is 2. The molecule has 0 unspecified atom stereocenters. The minimum absolute atomic E-state index is 0.480. The highest BCUT2D eigenvalue weighted by Gasteiger charge is 2.13. The average Bonchev–Trinajstić information content (AvgIpc) is 3.14. The normalized spacial score (nSPS) is 11.6. The van der Waals surface area contributed by atoms with Gasteiger partial charge in [-0.25, -0.2) is 14.3 Å². The van der Waals surface area contributed by atoms with Crippen molar-refractivity contribution in [3.63, 3.8) is 0 Å². The molecular formula is C18H13Cl2N5. The molecule has 2 aromatic heterocycles. The molecule has 0 bridgehead atoms. The van der Waals surface area contributed by atoms with Crippen molar-refractivity contribution in [2.75, 3.05) is 0 Å². The van der Waals surface area contributed by atoms with Crippen molar-refractivity contribution < 1.29 is 0 Å². The minimum atomic E-state index is 0.480. The van der Waals surface area contributed by atoms with Crippen molar-refractivity contribution in [1.29, 1.82) is 0 Å². The first-order chi connectivity index (χ1) is 12.1.